The van der Waals surface area contributed by atoms with Crippen LogP contribution in [-0.4, -0.2) is 38.3 Å². The Morgan fingerprint density at radius 3 is 2.39 bits per heavy atom. The Labute approximate surface area is 179 Å². The summed E-state index contributed by atoms with van der Waals surface area (Å²) in [4.78, 5) is 35.5. The zero-order valence-corrected chi connectivity index (χ0v) is 16.9. The van der Waals surface area contributed by atoms with Gasteiger partial charge in [-0.15, -0.1) is 0 Å². The molecule has 0 radical (unpaired) electrons. The highest BCUT2D eigenvalue weighted by Crippen LogP contribution is 2.40. The number of likely N-dealkylation sites (tertiary alicyclic amines) is 1. The average molecular weight is 415 g/mol. The smallest absolute Gasteiger partial charge is 0.295 e. The molecule has 2 aromatic heterocycles. The molecule has 156 valence electrons. The number of hydrogen-bond donors (Lipinski definition) is 1. The third-order valence-corrected chi connectivity index (χ3v) is 5.08. The van der Waals surface area contributed by atoms with Crippen molar-refractivity contribution in [1.29, 1.82) is 0 Å². The number of ether oxygens (including phenoxy) is 1. The summed E-state index contributed by atoms with van der Waals surface area (Å²) >= 11 is 0. The van der Waals surface area contributed by atoms with Crippen molar-refractivity contribution in [3.05, 3.63) is 95.6 Å². The van der Waals surface area contributed by atoms with Crippen molar-refractivity contribution in [3.8, 4) is 5.75 Å². The molecule has 0 saturated carbocycles. The van der Waals surface area contributed by atoms with Crippen LogP contribution >= 0.6 is 0 Å². The summed E-state index contributed by atoms with van der Waals surface area (Å²) in [6.45, 7) is 2.54. The normalized spacial score (nSPS) is 17.7. The Morgan fingerprint density at radius 1 is 1.03 bits per heavy atom. The second kappa shape index (κ2) is 8.79. The topological polar surface area (TPSA) is 92.6 Å². The van der Waals surface area contributed by atoms with Crippen LogP contribution in [0.1, 0.15) is 29.7 Å². The van der Waals surface area contributed by atoms with E-state index in [0.29, 0.717) is 23.5 Å². The monoisotopic (exact) mass is 415 g/mol. The van der Waals surface area contributed by atoms with Crippen molar-refractivity contribution < 1.29 is 19.4 Å². The molecule has 7 nitrogen and oxygen atoms in total. The van der Waals surface area contributed by atoms with E-state index in [1.165, 1.54) is 4.90 Å². The first-order valence-electron chi connectivity index (χ1n) is 9.90. The van der Waals surface area contributed by atoms with Crippen LogP contribution in [-0.2, 0) is 16.1 Å². The van der Waals surface area contributed by atoms with E-state index in [4.69, 9.17) is 4.74 Å². The number of aliphatic hydroxyl groups excluding tert-OH is 1. The fourth-order valence-corrected chi connectivity index (χ4v) is 3.68. The van der Waals surface area contributed by atoms with Gasteiger partial charge in [-0.1, -0.05) is 12.1 Å². The Balaban J connectivity index is 1.83. The maximum absolute atomic E-state index is 13.0. The first-order chi connectivity index (χ1) is 15.1. The van der Waals surface area contributed by atoms with Gasteiger partial charge in [0.05, 0.1) is 18.2 Å². The van der Waals surface area contributed by atoms with Crippen LogP contribution in [0.25, 0.3) is 5.76 Å². The molecule has 1 unspecified atom stereocenters. The molecule has 0 aliphatic carbocycles. The number of pyridine rings is 2. The molecule has 7 heteroatoms. The van der Waals surface area contributed by atoms with E-state index < -0.39 is 17.7 Å². The standard InChI is InChI=1S/C24H21N3O4/c1-2-31-19-5-3-4-18(14-19)22(28)20-21(17-8-12-26-13-9-17)27(24(30)23(20)29)15-16-6-10-25-11-7-16/h3-14,21,28H,2,15H2,1H3/b22-20-. The first kappa shape index (κ1) is 20.3. The maximum atomic E-state index is 13.0. The number of rotatable bonds is 6. The van der Waals surface area contributed by atoms with E-state index in [-0.39, 0.29) is 17.9 Å². The van der Waals surface area contributed by atoms with E-state index in [1.807, 2.05) is 6.92 Å². The minimum atomic E-state index is -0.744. The van der Waals surface area contributed by atoms with Crippen molar-refractivity contribution in [2.75, 3.05) is 6.61 Å². The lowest BCUT2D eigenvalue weighted by molar-refractivity contribution is -0.140. The van der Waals surface area contributed by atoms with Crippen LogP contribution in [0.2, 0.25) is 0 Å². The first-order valence-corrected chi connectivity index (χ1v) is 9.90. The van der Waals surface area contributed by atoms with Crippen LogP contribution in [0.4, 0.5) is 0 Å². The predicted octanol–water partition coefficient (Wildman–Crippen LogP) is 3.50. The molecule has 1 aromatic carbocycles. The number of amides is 1. The lowest BCUT2D eigenvalue weighted by Crippen LogP contribution is -2.29. The zero-order chi connectivity index (χ0) is 21.8. The third kappa shape index (κ3) is 4.02. The molecule has 0 bridgehead atoms. The van der Waals surface area contributed by atoms with Gasteiger partial charge in [0.1, 0.15) is 11.5 Å². The number of nitrogens with zero attached hydrogens (tertiary/aromatic N) is 3. The number of aliphatic hydroxyl groups is 1. The molecule has 1 atom stereocenters. The van der Waals surface area contributed by atoms with E-state index in [2.05, 4.69) is 9.97 Å². The highest BCUT2D eigenvalue weighted by Gasteiger charge is 2.46. The molecule has 3 heterocycles. The number of aromatic nitrogens is 2. The molecular formula is C24H21N3O4. The molecule has 4 rings (SSSR count). The van der Waals surface area contributed by atoms with Crippen molar-refractivity contribution in [3.63, 3.8) is 0 Å². The lowest BCUT2D eigenvalue weighted by atomic mass is 9.95. The minimum absolute atomic E-state index is 0.0407. The van der Waals surface area contributed by atoms with Gasteiger partial charge >= 0.3 is 0 Å². The molecule has 1 saturated heterocycles. The lowest BCUT2D eigenvalue weighted by Gasteiger charge is -2.25. The number of ketones is 1. The van der Waals surface area contributed by atoms with Gasteiger partial charge in [-0.25, -0.2) is 0 Å². The highest BCUT2D eigenvalue weighted by atomic mass is 16.5. The van der Waals surface area contributed by atoms with Gasteiger partial charge in [0.15, 0.2) is 0 Å². The Bertz CT molecular complexity index is 1130. The summed E-state index contributed by atoms with van der Waals surface area (Å²) in [6, 6.07) is 13.1. The number of carbonyl (C=O) groups excluding carboxylic acids is 2. The Hall–Kier alpha value is -4.00. The Kier molecular flexibility index (Phi) is 5.75. The van der Waals surface area contributed by atoms with Gasteiger partial charge in [-0.3, -0.25) is 19.6 Å². The molecule has 31 heavy (non-hydrogen) atoms. The van der Waals surface area contributed by atoms with Crippen molar-refractivity contribution >= 4 is 17.4 Å². The van der Waals surface area contributed by atoms with Crippen molar-refractivity contribution in [2.45, 2.75) is 19.5 Å². The summed E-state index contributed by atoms with van der Waals surface area (Å²) in [5, 5.41) is 11.1. The molecule has 3 aromatic rings. The molecule has 1 aliphatic rings. The number of Topliss-reactive ketones (excluding diaryl/α,β-unsaturated/α-hetero) is 1. The van der Waals surface area contributed by atoms with Crippen LogP contribution in [0, 0.1) is 0 Å². The third-order valence-electron chi connectivity index (χ3n) is 5.08. The van der Waals surface area contributed by atoms with Gasteiger partial charge in [-0.05, 0) is 54.4 Å². The van der Waals surface area contributed by atoms with Crippen molar-refractivity contribution in [1.82, 2.24) is 14.9 Å². The van der Waals surface area contributed by atoms with E-state index >= 15 is 0 Å². The molecule has 1 fully saturated rings. The number of hydrogen-bond acceptors (Lipinski definition) is 6. The Morgan fingerprint density at radius 2 is 1.71 bits per heavy atom. The van der Waals surface area contributed by atoms with Crippen LogP contribution < -0.4 is 4.74 Å². The van der Waals surface area contributed by atoms with Crippen LogP contribution in [0.3, 0.4) is 0 Å². The minimum Gasteiger partial charge on any atom is -0.507 e. The number of carbonyl (C=O) groups is 2. The fraction of sp³-hybridized carbons (Fsp3) is 0.167. The highest BCUT2D eigenvalue weighted by molar-refractivity contribution is 6.46. The van der Waals surface area contributed by atoms with Crippen LogP contribution in [0.15, 0.2) is 78.9 Å². The maximum Gasteiger partial charge on any atom is 0.295 e. The molecule has 0 spiro atoms. The van der Waals surface area contributed by atoms with Crippen LogP contribution in [0.5, 0.6) is 5.75 Å². The quantitative estimate of drug-likeness (QED) is 0.376. The predicted molar refractivity (Wildman–Crippen MR) is 114 cm³/mol. The zero-order valence-electron chi connectivity index (χ0n) is 16.9. The fourth-order valence-electron chi connectivity index (χ4n) is 3.68. The van der Waals surface area contributed by atoms with Gasteiger partial charge in [-0.2, -0.15) is 0 Å². The number of benzene rings is 1. The summed E-state index contributed by atoms with van der Waals surface area (Å²) in [7, 11) is 0. The van der Waals surface area contributed by atoms with Gasteiger partial charge < -0.3 is 14.7 Å². The largest absolute Gasteiger partial charge is 0.507 e. The molecule has 1 aliphatic heterocycles. The van der Waals surface area contributed by atoms with Gasteiger partial charge in [0.2, 0.25) is 0 Å². The summed E-state index contributed by atoms with van der Waals surface area (Å²) in [5.74, 6) is -1.06. The summed E-state index contributed by atoms with van der Waals surface area (Å²) in [6.07, 6.45) is 6.45. The summed E-state index contributed by atoms with van der Waals surface area (Å²) < 4.78 is 5.51. The van der Waals surface area contributed by atoms with Crippen molar-refractivity contribution in [2.24, 2.45) is 0 Å². The SMILES string of the molecule is CCOc1cccc(/C(O)=C2/C(=O)C(=O)N(Cc3ccncc3)C2c2ccncc2)c1. The molecule has 1 amide bonds. The van der Waals surface area contributed by atoms with E-state index in [9.17, 15) is 14.7 Å². The second-order valence-corrected chi connectivity index (χ2v) is 7.02. The van der Waals surface area contributed by atoms with Gasteiger partial charge in [0, 0.05) is 36.9 Å². The van der Waals surface area contributed by atoms with E-state index in [0.717, 1.165) is 5.56 Å². The second-order valence-electron chi connectivity index (χ2n) is 7.02. The van der Waals surface area contributed by atoms with E-state index in [1.54, 1.807) is 73.3 Å². The summed E-state index contributed by atoms with van der Waals surface area (Å²) in [5.41, 5.74) is 1.96. The molecular weight excluding hydrogens is 394 g/mol. The average Bonchev–Trinajstić information content (AvgIpc) is 3.05. The van der Waals surface area contributed by atoms with Gasteiger partial charge in [0.25, 0.3) is 11.7 Å². The molecule has 1 N–H and O–H groups in total.